The Kier molecular flexibility index (Phi) is 6.01. The SMILES string of the molecule is CN(C)C(=O)c1cccc(NCC(=O)NC2CCCN(c3ncnc4[nH]ccc34)C2)c1. The maximum Gasteiger partial charge on any atom is 0.253 e. The first kappa shape index (κ1) is 20.6. The molecule has 9 heteroatoms. The van der Waals surface area contributed by atoms with Gasteiger partial charge in [-0.2, -0.15) is 0 Å². The zero-order valence-corrected chi connectivity index (χ0v) is 17.8. The van der Waals surface area contributed by atoms with Crippen LogP contribution in [0.3, 0.4) is 0 Å². The number of carbonyl (C=O) groups is 2. The predicted octanol–water partition coefficient (Wildman–Crippen LogP) is 1.86. The molecule has 1 atom stereocenters. The van der Waals surface area contributed by atoms with E-state index >= 15 is 0 Å². The first-order valence-electron chi connectivity index (χ1n) is 10.4. The van der Waals surface area contributed by atoms with E-state index in [2.05, 4.69) is 30.5 Å². The van der Waals surface area contributed by atoms with Gasteiger partial charge in [0, 0.05) is 50.7 Å². The van der Waals surface area contributed by atoms with Gasteiger partial charge in [-0.25, -0.2) is 9.97 Å². The molecule has 1 fully saturated rings. The first-order chi connectivity index (χ1) is 15.0. The lowest BCUT2D eigenvalue weighted by Gasteiger charge is -2.34. The Bertz CT molecular complexity index is 1080. The van der Waals surface area contributed by atoms with E-state index in [-0.39, 0.29) is 24.4 Å². The Morgan fingerprint density at radius 1 is 1.26 bits per heavy atom. The van der Waals surface area contributed by atoms with Crippen molar-refractivity contribution in [2.24, 2.45) is 0 Å². The van der Waals surface area contributed by atoms with Crippen molar-refractivity contribution < 1.29 is 9.59 Å². The number of rotatable bonds is 6. The number of H-pyrrole nitrogens is 1. The highest BCUT2D eigenvalue weighted by Crippen LogP contribution is 2.25. The van der Waals surface area contributed by atoms with Crippen molar-refractivity contribution in [3.05, 3.63) is 48.4 Å². The number of aromatic nitrogens is 3. The van der Waals surface area contributed by atoms with Crippen molar-refractivity contribution in [3.8, 4) is 0 Å². The van der Waals surface area contributed by atoms with Crippen LogP contribution in [0.5, 0.6) is 0 Å². The van der Waals surface area contributed by atoms with Crippen LogP contribution in [0.4, 0.5) is 11.5 Å². The van der Waals surface area contributed by atoms with Crippen LogP contribution < -0.4 is 15.5 Å². The Morgan fingerprint density at radius 3 is 2.97 bits per heavy atom. The van der Waals surface area contributed by atoms with Crippen LogP contribution in [0.2, 0.25) is 0 Å². The number of hydrogen-bond acceptors (Lipinski definition) is 6. The highest BCUT2D eigenvalue weighted by Gasteiger charge is 2.24. The van der Waals surface area contributed by atoms with Crippen LogP contribution in [0.25, 0.3) is 11.0 Å². The van der Waals surface area contributed by atoms with Crippen LogP contribution in [0, 0.1) is 0 Å². The van der Waals surface area contributed by atoms with Gasteiger partial charge in [0.25, 0.3) is 5.91 Å². The first-order valence-corrected chi connectivity index (χ1v) is 10.4. The van der Waals surface area contributed by atoms with Crippen molar-refractivity contribution in [1.29, 1.82) is 0 Å². The molecule has 0 aliphatic carbocycles. The van der Waals surface area contributed by atoms with Gasteiger partial charge in [-0.1, -0.05) is 6.07 Å². The molecule has 0 bridgehead atoms. The summed E-state index contributed by atoms with van der Waals surface area (Å²) in [4.78, 5) is 40.2. The molecule has 4 rings (SSSR count). The number of amides is 2. The second kappa shape index (κ2) is 9.03. The van der Waals surface area contributed by atoms with Gasteiger partial charge in [-0.05, 0) is 37.1 Å². The summed E-state index contributed by atoms with van der Waals surface area (Å²) in [6.07, 6.45) is 5.33. The van der Waals surface area contributed by atoms with Gasteiger partial charge in [0.2, 0.25) is 5.91 Å². The summed E-state index contributed by atoms with van der Waals surface area (Å²) in [6, 6.07) is 9.20. The summed E-state index contributed by atoms with van der Waals surface area (Å²) >= 11 is 0. The van der Waals surface area contributed by atoms with Crippen LogP contribution >= 0.6 is 0 Å². The zero-order chi connectivity index (χ0) is 21.8. The molecule has 3 aromatic rings. The Hall–Kier alpha value is -3.62. The molecule has 1 aromatic carbocycles. The highest BCUT2D eigenvalue weighted by molar-refractivity contribution is 5.95. The van der Waals surface area contributed by atoms with Crippen LogP contribution in [-0.2, 0) is 4.79 Å². The smallest absolute Gasteiger partial charge is 0.253 e. The van der Waals surface area contributed by atoms with E-state index in [1.165, 1.54) is 4.90 Å². The predicted molar refractivity (Wildman–Crippen MR) is 120 cm³/mol. The summed E-state index contributed by atoms with van der Waals surface area (Å²) in [6.45, 7) is 1.75. The Labute approximate surface area is 180 Å². The van der Waals surface area contributed by atoms with Gasteiger partial charge in [0.05, 0.1) is 11.9 Å². The van der Waals surface area contributed by atoms with E-state index < -0.39 is 0 Å². The topological polar surface area (TPSA) is 106 Å². The number of aromatic amines is 1. The summed E-state index contributed by atoms with van der Waals surface area (Å²) in [5.74, 6) is 0.744. The number of nitrogens with zero attached hydrogens (tertiary/aromatic N) is 4. The molecule has 162 valence electrons. The molecule has 1 aliphatic rings. The van der Waals surface area contributed by atoms with Gasteiger partial charge < -0.3 is 25.4 Å². The molecular formula is C22H27N7O2. The second-order valence-corrected chi connectivity index (χ2v) is 7.92. The molecule has 2 aromatic heterocycles. The van der Waals surface area contributed by atoms with Gasteiger partial charge in [-0.3, -0.25) is 9.59 Å². The average molecular weight is 422 g/mol. The maximum absolute atomic E-state index is 12.5. The Balaban J connectivity index is 1.33. The number of carbonyl (C=O) groups excluding carboxylic acids is 2. The highest BCUT2D eigenvalue weighted by atomic mass is 16.2. The van der Waals surface area contributed by atoms with Crippen LogP contribution in [0.1, 0.15) is 23.2 Å². The van der Waals surface area contributed by atoms with E-state index in [1.54, 1.807) is 38.6 Å². The van der Waals surface area contributed by atoms with Gasteiger partial charge in [0.1, 0.15) is 17.8 Å². The van der Waals surface area contributed by atoms with E-state index in [4.69, 9.17) is 0 Å². The zero-order valence-electron chi connectivity index (χ0n) is 17.8. The number of anilines is 2. The van der Waals surface area contributed by atoms with Gasteiger partial charge >= 0.3 is 0 Å². The molecule has 1 saturated heterocycles. The van der Waals surface area contributed by atoms with Crippen molar-refractivity contribution in [2.75, 3.05) is 43.9 Å². The average Bonchev–Trinajstić information content (AvgIpc) is 3.26. The fourth-order valence-corrected chi connectivity index (χ4v) is 3.88. The summed E-state index contributed by atoms with van der Waals surface area (Å²) < 4.78 is 0. The lowest BCUT2D eigenvalue weighted by atomic mass is 10.1. The lowest BCUT2D eigenvalue weighted by Crippen LogP contribution is -2.49. The van der Waals surface area contributed by atoms with Crippen molar-refractivity contribution in [3.63, 3.8) is 0 Å². The summed E-state index contributed by atoms with van der Waals surface area (Å²) in [7, 11) is 3.43. The van der Waals surface area contributed by atoms with E-state index in [0.29, 0.717) is 12.1 Å². The summed E-state index contributed by atoms with van der Waals surface area (Å²) in [5.41, 5.74) is 2.14. The number of hydrogen-bond donors (Lipinski definition) is 3. The third kappa shape index (κ3) is 4.76. The number of benzene rings is 1. The van der Waals surface area contributed by atoms with Gasteiger partial charge in [-0.15, -0.1) is 0 Å². The molecule has 3 heterocycles. The quantitative estimate of drug-likeness (QED) is 0.561. The molecule has 2 amide bonds. The normalized spacial score (nSPS) is 16.2. The molecule has 1 unspecified atom stereocenters. The minimum absolute atomic E-state index is 0.0497. The molecule has 0 saturated carbocycles. The molecule has 3 N–H and O–H groups in total. The van der Waals surface area contributed by atoms with Crippen LogP contribution in [0.15, 0.2) is 42.9 Å². The third-order valence-electron chi connectivity index (χ3n) is 5.39. The molecule has 1 aliphatic heterocycles. The standard InChI is InChI=1S/C22H27N7O2/c1-28(2)22(31)15-5-3-6-16(11-15)24-12-19(30)27-17-7-4-10-29(13-17)21-18-8-9-23-20(18)25-14-26-21/h3,5-6,8-9,11,14,17,24H,4,7,10,12-13H2,1-2H3,(H,27,30)(H,23,25,26). The van der Waals surface area contributed by atoms with Gasteiger partial charge in [0.15, 0.2) is 0 Å². The lowest BCUT2D eigenvalue weighted by molar-refractivity contribution is -0.120. The van der Waals surface area contributed by atoms with Crippen LogP contribution in [-0.4, -0.2) is 71.4 Å². The van der Waals surface area contributed by atoms with E-state index in [1.807, 2.05) is 18.3 Å². The number of fused-ring (bicyclic) bond motifs is 1. The molecular weight excluding hydrogens is 394 g/mol. The van der Waals surface area contributed by atoms with E-state index in [0.717, 1.165) is 41.9 Å². The van der Waals surface area contributed by atoms with Crippen molar-refractivity contribution >= 4 is 34.4 Å². The third-order valence-corrected chi connectivity index (χ3v) is 5.39. The second-order valence-electron chi connectivity index (χ2n) is 7.92. The largest absolute Gasteiger partial charge is 0.376 e. The fraction of sp³-hybridized carbons (Fsp3) is 0.364. The molecule has 0 spiro atoms. The minimum Gasteiger partial charge on any atom is -0.376 e. The number of piperidine rings is 1. The van der Waals surface area contributed by atoms with Crippen molar-refractivity contribution in [2.45, 2.75) is 18.9 Å². The number of nitrogens with one attached hydrogen (secondary N) is 3. The molecule has 9 nitrogen and oxygen atoms in total. The monoisotopic (exact) mass is 421 g/mol. The minimum atomic E-state index is -0.0781. The fourth-order valence-electron chi connectivity index (χ4n) is 3.88. The molecule has 31 heavy (non-hydrogen) atoms. The van der Waals surface area contributed by atoms with E-state index in [9.17, 15) is 9.59 Å². The maximum atomic E-state index is 12.5. The Morgan fingerprint density at radius 2 is 2.13 bits per heavy atom. The molecule has 0 radical (unpaired) electrons. The summed E-state index contributed by atoms with van der Waals surface area (Å²) in [5, 5.41) is 7.22. The van der Waals surface area contributed by atoms with Crippen molar-refractivity contribution in [1.82, 2.24) is 25.2 Å².